The zero-order valence-electron chi connectivity index (χ0n) is 15.1. The summed E-state index contributed by atoms with van der Waals surface area (Å²) in [5.41, 5.74) is 0. The topological polar surface area (TPSA) is 4.44 Å². The van der Waals surface area contributed by atoms with Gasteiger partial charge < -0.3 is 28.9 Å². The Labute approximate surface area is 157 Å². The van der Waals surface area contributed by atoms with Gasteiger partial charge in [0.2, 0.25) is 0 Å². The fourth-order valence-corrected chi connectivity index (χ4v) is 4.80. The Hall–Kier alpha value is 0.690. The first-order valence-corrected chi connectivity index (χ1v) is 10.3. The van der Waals surface area contributed by atoms with Crippen molar-refractivity contribution in [2.75, 3.05) is 6.54 Å². The van der Waals surface area contributed by atoms with Crippen molar-refractivity contribution in [2.45, 2.75) is 122 Å². The minimum atomic E-state index is 0. The first-order valence-electron chi connectivity index (χ1n) is 10.3. The Kier molecular flexibility index (Phi) is 12.3. The third kappa shape index (κ3) is 7.51. The second kappa shape index (κ2) is 13.0. The number of nitrogens with one attached hydrogen (secondary N) is 1. The Morgan fingerprint density at radius 1 is 0.636 bits per heavy atom. The van der Waals surface area contributed by atoms with E-state index in [1.807, 2.05) is 4.90 Å². The molecule has 0 amide bonds. The van der Waals surface area contributed by atoms with Crippen molar-refractivity contribution >= 4 is 0 Å². The molecule has 0 aromatic carbocycles. The van der Waals surface area contributed by atoms with E-state index in [0.29, 0.717) is 0 Å². The second-order valence-electron chi connectivity index (χ2n) is 7.76. The zero-order valence-corrected chi connectivity index (χ0v) is 17.2. The molecule has 0 heterocycles. The molecule has 2 rings (SSSR count). The highest BCUT2D eigenvalue weighted by Gasteiger charge is 2.31. The van der Waals surface area contributed by atoms with Crippen LogP contribution in [-0.2, 0) is 0 Å². The van der Waals surface area contributed by atoms with Crippen LogP contribution in [-0.4, -0.2) is 18.6 Å². The molecule has 2 fully saturated rings. The van der Waals surface area contributed by atoms with E-state index in [4.69, 9.17) is 0 Å². The largest absolute Gasteiger partial charge is 1.00 e. The maximum atomic E-state index is 2.32. The molecule has 2 aliphatic rings. The molecule has 132 valence electrons. The van der Waals surface area contributed by atoms with Crippen LogP contribution in [0.3, 0.4) is 0 Å². The molecule has 1 N–H and O–H groups in total. The molecule has 0 radical (unpaired) electrons. The van der Waals surface area contributed by atoms with Crippen LogP contribution < -0.4 is 28.9 Å². The molecule has 0 bridgehead atoms. The van der Waals surface area contributed by atoms with Crippen molar-refractivity contribution < 1.29 is 28.9 Å². The monoisotopic (exact) mass is 421 g/mol. The first-order chi connectivity index (χ1) is 10.4. The number of quaternary nitrogens is 1. The fraction of sp³-hybridized carbons (Fsp3) is 1.00. The lowest BCUT2D eigenvalue weighted by Gasteiger charge is -2.38. The number of rotatable bonds is 9. The minimum Gasteiger partial charge on any atom is -1.00 e. The van der Waals surface area contributed by atoms with Gasteiger partial charge in [0.25, 0.3) is 0 Å². The Balaban J connectivity index is 0.00000242. The van der Waals surface area contributed by atoms with Crippen molar-refractivity contribution in [3.8, 4) is 0 Å². The summed E-state index contributed by atoms with van der Waals surface area (Å²) >= 11 is 0. The maximum Gasteiger partial charge on any atom is 0.0876 e. The number of hydrogen-bond donors (Lipinski definition) is 1. The predicted octanol–water partition coefficient (Wildman–Crippen LogP) is 1.90. The van der Waals surface area contributed by atoms with Gasteiger partial charge in [0.05, 0.1) is 18.6 Å². The molecule has 0 aliphatic heterocycles. The van der Waals surface area contributed by atoms with Crippen LogP contribution in [0.4, 0.5) is 0 Å². The molecule has 0 saturated heterocycles. The van der Waals surface area contributed by atoms with E-state index in [1.54, 1.807) is 0 Å². The summed E-state index contributed by atoms with van der Waals surface area (Å²) in [7, 11) is 0. The highest BCUT2D eigenvalue weighted by atomic mass is 127. The average molecular weight is 421 g/mol. The van der Waals surface area contributed by atoms with Crippen molar-refractivity contribution in [3.63, 3.8) is 0 Å². The maximum absolute atomic E-state index is 2.32. The predicted molar refractivity (Wildman–Crippen MR) is 93.0 cm³/mol. The van der Waals surface area contributed by atoms with Crippen LogP contribution in [0.15, 0.2) is 0 Å². The summed E-state index contributed by atoms with van der Waals surface area (Å²) in [4.78, 5) is 2.05. The molecule has 2 aliphatic carbocycles. The number of halogens is 1. The third-order valence-corrected chi connectivity index (χ3v) is 6.08. The van der Waals surface area contributed by atoms with Gasteiger partial charge in [-0.05, 0) is 64.2 Å². The van der Waals surface area contributed by atoms with Gasteiger partial charge in [-0.3, -0.25) is 0 Å². The van der Waals surface area contributed by atoms with Crippen LogP contribution in [0.1, 0.15) is 110 Å². The van der Waals surface area contributed by atoms with Gasteiger partial charge in [-0.2, -0.15) is 0 Å². The van der Waals surface area contributed by atoms with Gasteiger partial charge in [0, 0.05) is 0 Å². The molecular weight excluding hydrogens is 381 g/mol. The molecule has 22 heavy (non-hydrogen) atoms. The standard InChI is InChI=1S/C20H39N.HI/c1-2-3-4-5-6-13-18-21(19-14-9-7-10-15-19)20-16-11-8-12-17-20;/h19-20H,2-18H2,1H3;1H. The van der Waals surface area contributed by atoms with Crippen LogP contribution in [0.2, 0.25) is 0 Å². The molecule has 0 aromatic rings. The van der Waals surface area contributed by atoms with Gasteiger partial charge in [0.1, 0.15) is 0 Å². The SMILES string of the molecule is CCCCCCCC[NH+](C1CCCCC1)C1CCCCC1.[I-]. The van der Waals surface area contributed by atoms with Crippen molar-refractivity contribution in [1.82, 2.24) is 0 Å². The van der Waals surface area contributed by atoms with E-state index >= 15 is 0 Å². The van der Waals surface area contributed by atoms with Gasteiger partial charge >= 0.3 is 0 Å². The third-order valence-electron chi connectivity index (χ3n) is 6.08. The van der Waals surface area contributed by atoms with E-state index < -0.39 is 0 Å². The van der Waals surface area contributed by atoms with E-state index in [0.717, 1.165) is 12.1 Å². The Bertz CT molecular complexity index is 226. The second-order valence-corrected chi connectivity index (χ2v) is 7.76. The number of hydrogen-bond acceptors (Lipinski definition) is 0. The summed E-state index contributed by atoms with van der Waals surface area (Å²) in [6.07, 6.45) is 23.9. The average Bonchev–Trinajstić information content (AvgIpc) is 2.56. The lowest BCUT2D eigenvalue weighted by atomic mass is 9.88. The van der Waals surface area contributed by atoms with E-state index in [1.165, 1.54) is 109 Å². The Morgan fingerprint density at radius 2 is 1.09 bits per heavy atom. The van der Waals surface area contributed by atoms with Gasteiger partial charge in [-0.1, -0.05) is 45.4 Å². The van der Waals surface area contributed by atoms with Gasteiger partial charge in [-0.15, -0.1) is 0 Å². The van der Waals surface area contributed by atoms with Gasteiger partial charge in [0.15, 0.2) is 0 Å². The lowest BCUT2D eigenvalue weighted by molar-refractivity contribution is -0.952. The summed E-state index contributed by atoms with van der Waals surface area (Å²) in [5.74, 6) is 0. The van der Waals surface area contributed by atoms with E-state index in [2.05, 4.69) is 6.92 Å². The molecule has 2 saturated carbocycles. The van der Waals surface area contributed by atoms with Crippen molar-refractivity contribution in [3.05, 3.63) is 0 Å². The highest BCUT2D eigenvalue weighted by Crippen LogP contribution is 2.20. The zero-order chi connectivity index (χ0) is 14.8. The molecule has 0 atom stereocenters. The summed E-state index contributed by atoms with van der Waals surface area (Å²) < 4.78 is 0. The molecule has 0 unspecified atom stereocenters. The number of unbranched alkanes of at least 4 members (excludes halogenated alkanes) is 5. The van der Waals surface area contributed by atoms with E-state index in [9.17, 15) is 0 Å². The van der Waals surface area contributed by atoms with Crippen LogP contribution in [0.5, 0.6) is 0 Å². The summed E-state index contributed by atoms with van der Waals surface area (Å²) in [6, 6.07) is 2.05. The molecule has 0 aromatic heterocycles. The quantitative estimate of drug-likeness (QED) is 0.429. The normalized spacial score (nSPS) is 21.0. The summed E-state index contributed by atoms with van der Waals surface area (Å²) in [5, 5.41) is 0. The van der Waals surface area contributed by atoms with Gasteiger partial charge in [-0.25, -0.2) is 0 Å². The molecule has 2 heteroatoms. The van der Waals surface area contributed by atoms with Crippen LogP contribution in [0.25, 0.3) is 0 Å². The Morgan fingerprint density at radius 3 is 1.59 bits per heavy atom. The fourth-order valence-electron chi connectivity index (χ4n) is 4.80. The molecule has 0 spiro atoms. The molecular formula is C20H40IN. The summed E-state index contributed by atoms with van der Waals surface area (Å²) in [6.45, 7) is 3.81. The van der Waals surface area contributed by atoms with E-state index in [-0.39, 0.29) is 24.0 Å². The van der Waals surface area contributed by atoms with Crippen LogP contribution >= 0.6 is 0 Å². The van der Waals surface area contributed by atoms with Crippen molar-refractivity contribution in [1.29, 1.82) is 0 Å². The first kappa shape index (κ1) is 20.7. The highest BCUT2D eigenvalue weighted by molar-refractivity contribution is 4.70. The smallest absolute Gasteiger partial charge is 0.0876 e. The lowest BCUT2D eigenvalue weighted by Crippen LogP contribution is -3.19. The van der Waals surface area contributed by atoms with Crippen LogP contribution in [0, 0.1) is 0 Å². The molecule has 1 nitrogen and oxygen atoms in total. The van der Waals surface area contributed by atoms with Crippen molar-refractivity contribution in [2.24, 2.45) is 0 Å². The minimum absolute atomic E-state index is 0.